The third kappa shape index (κ3) is 2.50. The molecule has 2 aromatic heterocycles. The third-order valence-electron chi connectivity index (χ3n) is 5.20. The van der Waals surface area contributed by atoms with Crippen molar-refractivity contribution in [2.75, 3.05) is 12.0 Å². The summed E-state index contributed by atoms with van der Waals surface area (Å²) in [4.78, 5) is 6.82. The van der Waals surface area contributed by atoms with E-state index in [1.54, 1.807) is 13.4 Å². The highest BCUT2D eigenvalue weighted by atomic mass is 16.5. The van der Waals surface area contributed by atoms with Gasteiger partial charge < -0.3 is 24.4 Å². The number of ether oxygens (including phenoxy) is 1. The molecule has 0 aliphatic carbocycles. The van der Waals surface area contributed by atoms with Gasteiger partial charge in [-0.25, -0.2) is 0 Å². The number of nitrogens with two attached hydrogens (primary N) is 1. The molecule has 0 amide bonds. The zero-order valence-electron chi connectivity index (χ0n) is 15.7. The number of benzene rings is 2. The minimum Gasteiger partial charge on any atom is -0.497 e. The second-order valence-electron chi connectivity index (χ2n) is 6.83. The molecule has 28 heavy (non-hydrogen) atoms. The average Bonchev–Trinajstić information content (AvgIpc) is 3.35. The zero-order chi connectivity index (χ0) is 19.3. The lowest BCUT2D eigenvalue weighted by atomic mass is 10.1. The van der Waals surface area contributed by atoms with Crippen molar-refractivity contribution in [2.45, 2.75) is 6.17 Å². The van der Waals surface area contributed by atoms with E-state index in [2.05, 4.69) is 35.0 Å². The number of nitrogens with zero attached hydrogens (tertiary/aromatic N) is 3. The first-order valence-electron chi connectivity index (χ1n) is 9.06. The molecule has 0 fully saturated rings. The average molecular weight is 372 g/mol. The van der Waals surface area contributed by atoms with Crippen LogP contribution < -0.4 is 15.4 Å². The van der Waals surface area contributed by atoms with Gasteiger partial charge in [-0.1, -0.05) is 0 Å². The molecule has 0 spiro atoms. The Morgan fingerprint density at radius 3 is 2.68 bits per heavy atom. The van der Waals surface area contributed by atoms with Crippen molar-refractivity contribution in [2.24, 2.45) is 17.8 Å². The number of aliphatic imine (C=N–C) groups is 1. The first-order chi connectivity index (χ1) is 13.7. The number of fused-ring (bicyclic) bond motifs is 2. The lowest BCUT2D eigenvalue weighted by molar-refractivity contribution is 0.415. The predicted molar refractivity (Wildman–Crippen MR) is 110 cm³/mol. The molecule has 1 unspecified atom stereocenters. The summed E-state index contributed by atoms with van der Waals surface area (Å²) in [6, 6.07) is 18.1. The summed E-state index contributed by atoms with van der Waals surface area (Å²) in [6.45, 7) is 0. The van der Waals surface area contributed by atoms with Crippen LogP contribution in [-0.4, -0.2) is 17.5 Å². The highest BCUT2D eigenvalue weighted by Crippen LogP contribution is 2.38. The van der Waals surface area contributed by atoms with E-state index in [1.807, 2.05) is 42.3 Å². The standard InChI is InChI=1S/C22H20N4O2/c1-25-11-9-15-13-16(5-8-19(15)25)26-20(23)18-10-12-28-22(18)24-21(26)14-3-6-17(27-2)7-4-14/h3-13,20H,23H2,1-2H3. The van der Waals surface area contributed by atoms with E-state index in [-0.39, 0.29) is 0 Å². The lowest BCUT2D eigenvalue weighted by Crippen LogP contribution is -2.41. The van der Waals surface area contributed by atoms with Crippen LogP contribution in [0.15, 0.2) is 76.5 Å². The maximum atomic E-state index is 6.66. The number of hydrogen-bond acceptors (Lipinski definition) is 5. The van der Waals surface area contributed by atoms with Gasteiger partial charge >= 0.3 is 0 Å². The zero-order valence-corrected chi connectivity index (χ0v) is 15.7. The summed E-state index contributed by atoms with van der Waals surface area (Å²) in [5, 5.41) is 1.15. The summed E-state index contributed by atoms with van der Waals surface area (Å²) in [5.74, 6) is 2.09. The van der Waals surface area contributed by atoms with Gasteiger partial charge in [-0.2, -0.15) is 4.99 Å². The molecule has 0 saturated carbocycles. The van der Waals surface area contributed by atoms with Crippen molar-refractivity contribution in [3.05, 3.63) is 78.2 Å². The molecule has 5 rings (SSSR count). The van der Waals surface area contributed by atoms with E-state index in [4.69, 9.17) is 19.9 Å². The van der Waals surface area contributed by atoms with Crippen LogP contribution in [0.25, 0.3) is 10.9 Å². The number of aromatic nitrogens is 1. The SMILES string of the molecule is COc1ccc(C2=Nc3occc3C(N)N2c2ccc3c(ccn3C)c2)cc1. The molecule has 2 aromatic carbocycles. The molecule has 140 valence electrons. The van der Waals surface area contributed by atoms with Crippen molar-refractivity contribution in [1.82, 2.24) is 4.57 Å². The van der Waals surface area contributed by atoms with Crippen molar-refractivity contribution < 1.29 is 9.15 Å². The molecule has 1 atom stereocenters. The van der Waals surface area contributed by atoms with Gasteiger partial charge in [-0.3, -0.25) is 0 Å². The second kappa shape index (κ2) is 6.28. The van der Waals surface area contributed by atoms with E-state index in [0.717, 1.165) is 33.8 Å². The van der Waals surface area contributed by atoms with Crippen molar-refractivity contribution in [3.63, 3.8) is 0 Å². The summed E-state index contributed by atoms with van der Waals surface area (Å²) in [6.07, 6.45) is 3.28. The minimum absolute atomic E-state index is 0.399. The first kappa shape index (κ1) is 16.6. The molecule has 0 radical (unpaired) electrons. The van der Waals surface area contributed by atoms with Gasteiger partial charge in [0.05, 0.1) is 18.9 Å². The van der Waals surface area contributed by atoms with Gasteiger partial charge in [0, 0.05) is 35.4 Å². The van der Waals surface area contributed by atoms with Crippen LogP contribution in [0.2, 0.25) is 0 Å². The quantitative estimate of drug-likeness (QED) is 0.581. The summed E-state index contributed by atoms with van der Waals surface area (Å²) in [7, 11) is 3.69. The number of hydrogen-bond donors (Lipinski definition) is 1. The molecule has 4 aromatic rings. The van der Waals surface area contributed by atoms with Gasteiger partial charge in [0.25, 0.3) is 0 Å². The fourth-order valence-electron chi connectivity index (χ4n) is 3.69. The van der Waals surface area contributed by atoms with Crippen LogP contribution in [0.4, 0.5) is 11.6 Å². The van der Waals surface area contributed by atoms with Crippen molar-refractivity contribution >= 4 is 28.3 Å². The molecule has 1 aliphatic rings. The maximum absolute atomic E-state index is 6.66. The smallest absolute Gasteiger partial charge is 0.227 e. The molecule has 3 heterocycles. The molecule has 6 heteroatoms. The normalized spacial score (nSPS) is 16.2. The Balaban J connectivity index is 1.67. The number of rotatable bonds is 3. The third-order valence-corrected chi connectivity index (χ3v) is 5.20. The Bertz CT molecular complexity index is 1190. The second-order valence-corrected chi connectivity index (χ2v) is 6.83. The van der Waals surface area contributed by atoms with Crippen LogP contribution in [0.1, 0.15) is 17.3 Å². The van der Waals surface area contributed by atoms with Crippen LogP contribution in [0.3, 0.4) is 0 Å². The number of furan rings is 1. The summed E-state index contributed by atoms with van der Waals surface area (Å²) < 4.78 is 12.9. The largest absolute Gasteiger partial charge is 0.497 e. The van der Waals surface area contributed by atoms with E-state index < -0.39 is 6.17 Å². The number of methoxy groups -OCH3 is 1. The van der Waals surface area contributed by atoms with E-state index in [0.29, 0.717) is 5.88 Å². The predicted octanol–water partition coefficient (Wildman–Crippen LogP) is 4.34. The number of anilines is 1. The highest BCUT2D eigenvalue weighted by molar-refractivity contribution is 6.13. The van der Waals surface area contributed by atoms with Gasteiger partial charge in [0.15, 0.2) is 0 Å². The molecule has 6 nitrogen and oxygen atoms in total. The molecular weight excluding hydrogens is 352 g/mol. The first-order valence-corrected chi connectivity index (χ1v) is 9.06. The topological polar surface area (TPSA) is 68.9 Å². The Hall–Kier alpha value is -3.51. The van der Waals surface area contributed by atoms with Crippen molar-refractivity contribution in [1.29, 1.82) is 0 Å². The lowest BCUT2D eigenvalue weighted by Gasteiger charge is -2.34. The van der Waals surface area contributed by atoms with Gasteiger partial charge in [-0.15, -0.1) is 0 Å². The number of aryl methyl sites for hydroxylation is 1. The molecule has 0 saturated heterocycles. The Morgan fingerprint density at radius 2 is 1.89 bits per heavy atom. The van der Waals surface area contributed by atoms with Crippen LogP contribution in [0, 0.1) is 0 Å². The summed E-state index contributed by atoms with van der Waals surface area (Å²) in [5.41, 5.74) is 10.6. The fourth-order valence-corrected chi connectivity index (χ4v) is 3.69. The molecular formula is C22H20N4O2. The van der Waals surface area contributed by atoms with Gasteiger partial charge in [0.1, 0.15) is 17.8 Å². The Kier molecular flexibility index (Phi) is 3.74. The van der Waals surface area contributed by atoms with E-state index in [9.17, 15) is 0 Å². The molecule has 1 aliphatic heterocycles. The number of amidine groups is 1. The Labute approximate surface area is 162 Å². The van der Waals surface area contributed by atoms with E-state index >= 15 is 0 Å². The van der Waals surface area contributed by atoms with Crippen LogP contribution in [0.5, 0.6) is 5.75 Å². The molecule has 2 N–H and O–H groups in total. The van der Waals surface area contributed by atoms with Crippen LogP contribution in [-0.2, 0) is 7.05 Å². The van der Waals surface area contributed by atoms with E-state index in [1.165, 1.54) is 5.52 Å². The minimum atomic E-state index is -0.399. The van der Waals surface area contributed by atoms with Gasteiger partial charge in [0.2, 0.25) is 5.88 Å². The van der Waals surface area contributed by atoms with Crippen molar-refractivity contribution in [3.8, 4) is 5.75 Å². The van der Waals surface area contributed by atoms with Crippen LogP contribution >= 0.6 is 0 Å². The maximum Gasteiger partial charge on any atom is 0.227 e. The summed E-state index contributed by atoms with van der Waals surface area (Å²) >= 11 is 0. The monoisotopic (exact) mass is 372 g/mol. The molecule has 0 bridgehead atoms. The highest BCUT2D eigenvalue weighted by Gasteiger charge is 2.31. The fraction of sp³-hybridized carbons (Fsp3) is 0.136. The van der Waals surface area contributed by atoms with Gasteiger partial charge in [-0.05, 0) is 54.6 Å². The Morgan fingerprint density at radius 1 is 1.07 bits per heavy atom.